The van der Waals surface area contributed by atoms with Crippen LogP contribution < -0.4 is 10.6 Å². The molecule has 0 spiro atoms. The molecule has 13 heteroatoms. The third-order valence-electron chi connectivity index (χ3n) is 3.36. The molecule has 0 aliphatic rings. The number of hydrogen-bond acceptors (Lipinski definition) is 6. The lowest BCUT2D eigenvalue weighted by Gasteiger charge is -2.27. The van der Waals surface area contributed by atoms with Crippen LogP contribution in [0, 0.1) is 20.2 Å². The highest BCUT2D eigenvalue weighted by atomic mass is 35.6. The summed E-state index contributed by atoms with van der Waals surface area (Å²) >= 11 is 23.7. The Hall–Kier alpha value is -2.33. The summed E-state index contributed by atoms with van der Waals surface area (Å²) in [6, 6.07) is 8.90. The van der Waals surface area contributed by atoms with Crippen LogP contribution in [0.15, 0.2) is 42.5 Å². The smallest absolute Gasteiger partial charge is 0.277 e. The molecule has 0 unspecified atom stereocenters. The molecular weight excluding hydrogens is 458 g/mol. The van der Waals surface area contributed by atoms with Crippen molar-refractivity contribution >= 4 is 69.4 Å². The zero-order chi connectivity index (χ0) is 21.1. The number of anilines is 1. The molecule has 28 heavy (non-hydrogen) atoms. The van der Waals surface area contributed by atoms with Crippen LogP contribution in [0.5, 0.6) is 0 Å². The van der Waals surface area contributed by atoms with Crippen LogP contribution in [0.3, 0.4) is 0 Å². The molecular formula is C15H10Cl4N4O5. The van der Waals surface area contributed by atoms with E-state index in [1.807, 2.05) is 0 Å². The number of benzene rings is 2. The predicted octanol–water partition coefficient (Wildman–Crippen LogP) is 4.69. The van der Waals surface area contributed by atoms with Crippen molar-refractivity contribution in [2.24, 2.45) is 0 Å². The molecule has 0 aliphatic heterocycles. The van der Waals surface area contributed by atoms with Crippen LogP contribution in [0.2, 0.25) is 5.02 Å². The van der Waals surface area contributed by atoms with E-state index in [-0.39, 0.29) is 10.6 Å². The van der Waals surface area contributed by atoms with Gasteiger partial charge in [-0.25, -0.2) is 0 Å². The van der Waals surface area contributed by atoms with Crippen molar-refractivity contribution in [2.45, 2.75) is 9.96 Å². The maximum atomic E-state index is 12.5. The number of amides is 1. The van der Waals surface area contributed by atoms with Gasteiger partial charge in [0.15, 0.2) is 0 Å². The number of alkyl halides is 3. The number of non-ortho nitro benzene ring substituents is 2. The van der Waals surface area contributed by atoms with Crippen molar-refractivity contribution in [2.75, 3.05) is 5.32 Å². The van der Waals surface area contributed by atoms with Crippen LogP contribution >= 0.6 is 46.4 Å². The minimum Gasteiger partial charge on any atom is -0.361 e. The van der Waals surface area contributed by atoms with Gasteiger partial charge in [-0.05, 0) is 12.1 Å². The standard InChI is InChI=1S/C15H10Cl4N4O5/c16-11-3-1-2-4-12(11)20-14(15(17,18)19)21-13(24)8-5-9(22(25)26)7-10(6-8)23(27)28/h1-7,14,20H,(H,21,24)/t14-/m1/s1. The van der Waals surface area contributed by atoms with Crippen LogP contribution in [0.1, 0.15) is 10.4 Å². The Labute approximate surface area is 177 Å². The molecule has 2 aromatic rings. The summed E-state index contributed by atoms with van der Waals surface area (Å²) in [6.07, 6.45) is -1.32. The van der Waals surface area contributed by atoms with E-state index in [9.17, 15) is 25.0 Å². The first kappa shape index (κ1) is 22.0. The largest absolute Gasteiger partial charge is 0.361 e. The highest BCUT2D eigenvalue weighted by molar-refractivity contribution is 6.68. The minimum atomic E-state index is -2.05. The molecule has 2 N–H and O–H groups in total. The molecule has 1 amide bonds. The van der Waals surface area contributed by atoms with Gasteiger partial charge in [-0.15, -0.1) is 0 Å². The average molecular weight is 468 g/mol. The Morgan fingerprint density at radius 2 is 1.54 bits per heavy atom. The third-order valence-corrected chi connectivity index (χ3v) is 4.35. The maximum absolute atomic E-state index is 12.5. The van der Waals surface area contributed by atoms with E-state index in [0.29, 0.717) is 5.69 Å². The van der Waals surface area contributed by atoms with Crippen molar-refractivity contribution in [3.05, 3.63) is 73.3 Å². The lowest BCUT2D eigenvalue weighted by Crippen LogP contribution is -2.49. The Morgan fingerprint density at radius 1 is 1.00 bits per heavy atom. The van der Waals surface area contributed by atoms with E-state index >= 15 is 0 Å². The van der Waals surface area contributed by atoms with E-state index in [0.717, 1.165) is 18.2 Å². The minimum absolute atomic E-state index is 0.280. The maximum Gasteiger partial charge on any atom is 0.277 e. The molecule has 0 radical (unpaired) electrons. The quantitative estimate of drug-likeness (QED) is 0.274. The molecule has 9 nitrogen and oxygen atoms in total. The van der Waals surface area contributed by atoms with Gasteiger partial charge in [0.05, 0.1) is 32.2 Å². The summed E-state index contributed by atoms with van der Waals surface area (Å²) in [6.45, 7) is 0. The Balaban J connectivity index is 2.35. The highest BCUT2D eigenvalue weighted by Gasteiger charge is 2.35. The van der Waals surface area contributed by atoms with Gasteiger partial charge in [0.1, 0.15) is 6.17 Å². The van der Waals surface area contributed by atoms with Crippen LogP contribution in [0.4, 0.5) is 17.1 Å². The first-order valence-corrected chi connectivity index (χ1v) is 8.82. The zero-order valence-electron chi connectivity index (χ0n) is 13.6. The van der Waals surface area contributed by atoms with Gasteiger partial charge in [-0.2, -0.15) is 0 Å². The molecule has 0 fully saturated rings. The zero-order valence-corrected chi connectivity index (χ0v) is 16.6. The second kappa shape index (κ2) is 8.78. The normalized spacial score (nSPS) is 12.1. The Bertz CT molecular complexity index is 903. The number of hydrogen-bond donors (Lipinski definition) is 2. The summed E-state index contributed by atoms with van der Waals surface area (Å²) in [5.41, 5.74) is -1.29. The molecule has 0 aliphatic carbocycles. The monoisotopic (exact) mass is 466 g/mol. The summed E-state index contributed by atoms with van der Waals surface area (Å²) < 4.78 is -2.05. The van der Waals surface area contributed by atoms with E-state index in [4.69, 9.17) is 46.4 Å². The van der Waals surface area contributed by atoms with Gasteiger partial charge < -0.3 is 10.6 Å². The number of carbonyl (C=O) groups excluding carboxylic acids is 1. The lowest BCUT2D eigenvalue weighted by atomic mass is 10.1. The molecule has 0 saturated carbocycles. The number of carbonyl (C=O) groups is 1. The van der Waals surface area contributed by atoms with Gasteiger partial charge in [0.2, 0.25) is 3.79 Å². The van der Waals surface area contributed by atoms with Gasteiger partial charge >= 0.3 is 0 Å². The van der Waals surface area contributed by atoms with Gasteiger partial charge in [0, 0.05) is 12.1 Å². The number of nitrogens with one attached hydrogen (secondary N) is 2. The van der Waals surface area contributed by atoms with Crippen molar-refractivity contribution in [3.63, 3.8) is 0 Å². The fourth-order valence-corrected chi connectivity index (χ4v) is 2.60. The number of para-hydroxylation sites is 1. The SMILES string of the molecule is O=C(N[C@@H](Nc1ccccc1Cl)C(Cl)(Cl)Cl)c1cc([N+](=O)[O-])cc([N+](=O)[O-])c1. The van der Waals surface area contributed by atoms with Gasteiger partial charge in [-0.1, -0.05) is 58.5 Å². The summed E-state index contributed by atoms with van der Waals surface area (Å²) in [5.74, 6) is -0.942. The van der Waals surface area contributed by atoms with E-state index in [1.165, 1.54) is 0 Å². The summed E-state index contributed by atoms with van der Waals surface area (Å²) in [5, 5.41) is 27.3. The Kier molecular flexibility index (Phi) is 6.89. The fraction of sp³-hybridized carbons (Fsp3) is 0.133. The molecule has 1 atom stereocenters. The second-order valence-electron chi connectivity index (χ2n) is 5.32. The topological polar surface area (TPSA) is 127 Å². The number of halogens is 4. The van der Waals surface area contributed by atoms with Crippen molar-refractivity contribution in [1.29, 1.82) is 0 Å². The molecule has 2 rings (SSSR count). The van der Waals surface area contributed by atoms with Crippen molar-refractivity contribution < 1.29 is 14.6 Å². The highest BCUT2D eigenvalue weighted by Crippen LogP contribution is 2.33. The van der Waals surface area contributed by atoms with Gasteiger partial charge in [0.25, 0.3) is 17.3 Å². The molecule has 2 aromatic carbocycles. The van der Waals surface area contributed by atoms with Crippen LogP contribution in [-0.4, -0.2) is 25.7 Å². The van der Waals surface area contributed by atoms with E-state index < -0.39 is 37.1 Å². The third kappa shape index (κ3) is 5.59. The number of nitrogens with zero attached hydrogens (tertiary/aromatic N) is 2. The van der Waals surface area contributed by atoms with Crippen LogP contribution in [0.25, 0.3) is 0 Å². The van der Waals surface area contributed by atoms with Crippen molar-refractivity contribution in [1.82, 2.24) is 5.32 Å². The number of rotatable bonds is 6. The van der Waals surface area contributed by atoms with E-state index in [1.54, 1.807) is 24.3 Å². The molecule has 0 aromatic heterocycles. The predicted molar refractivity (Wildman–Crippen MR) is 106 cm³/mol. The van der Waals surface area contributed by atoms with Gasteiger partial charge in [-0.3, -0.25) is 25.0 Å². The first-order valence-electron chi connectivity index (χ1n) is 7.31. The van der Waals surface area contributed by atoms with Crippen molar-refractivity contribution in [3.8, 4) is 0 Å². The summed E-state index contributed by atoms with van der Waals surface area (Å²) in [7, 11) is 0. The van der Waals surface area contributed by atoms with Crippen LogP contribution in [-0.2, 0) is 0 Å². The van der Waals surface area contributed by atoms with E-state index in [2.05, 4.69) is 10.6 Å². The fourth-order valence-electron chi connectivity index (χ4n) is 2.09. The lowest BCUT2D eigenvalue weighted by molar-refractivity contribution is -0.394. The number of nitro groups is 2. The molecule has 0 heterocycles. The second-order valence-corrected chi connectivity index (χ2v) is 8.10. The average Bonchev–Trinajstić information content (AvgIpc) is 2.61. The summed E-state index contributed by atoms with van der Waals surface area (Å²) in [4.78, 5) is 32.7. The molecule has 0 saturated heterocycles. The first-order chi connectivity index (χ1) is 13.0. The molecule has 0 bridgehead atoms. The number of nitro benzene ring substituents is 2. The Morgan fingerprint density at radius 3 is 2.00 bits per heavy atom. The molecule has 148 valence electrons.